The highest BCUT2D eigenvalue weighted by molar-refractivity contribution is 7.89. The molecule has 0 amide bonds. The van der Waals surface area contributed by atoms with Gasteiger partial charge in [-0.25, -0.2) is 17.5 Å². The zero-order chi connectivity index (χ0) is 14.8. The van der Waals surface area contributed by atoms with E-state index in [9.17, 15) is 17.9 Å². The van der Waals surface area contributed by atoms with Gasteiger partial charge in [0, 0.05) is 5.02 Å². The van der Waals surface area contributed by atoms with E-state index >= 15 is 0 Å². The summed E-state index contributed by atoms with van der Waals surface area (Å²) >= 11 is 5.62. The zero-order valence-corrected chi connectivity index (χ0v) is 12.5. The Morgan fingerprint density at radius 1 is 1.30 bits per heavy atom. The Morgan fingerprint density at radius 2 is 1.95 bits per heavy atom. The minimum atomic E-state index is -4.02. The van der Waals surface area contributed by atoms with Crippen molar-refractivity contribution in [1.29, 1.82) is 0 Å². The van der Waals surface area contributed by atoms with Crippen molar-refractivity contribution in [1.82, 2.24) is 4.72 Å². The van der Waals surface area contributed by atoms with Crippen molar-refractivity contribution < 1.29 is 17.9 Å². The van der Waals surface area contributed by atoms with Gasteiger partial charge in [-0.2, -0.15) is 0 Å². The summed E-state index contributed by atoms with van der Waals surface area (Å²) in [6.45, 7) is -0.290. The van der Waals surface area contributed by atoms with Gasteiger partial charge in [0.15, 0.2) is 0 Å². The van der Waals surface area contributed by atoms with Gasteiger partial charge >= 0.3 is 0 Å². The summed E-state index contributed by atoms with van der Waals surface area (Å²) in [6.07, 6.45) is 3.80. The Labute approximate surface area is 123 Å². The first-order chi connectivity index (χ1) is 9.38. The van der Waals surface area contributed by atoms with E-state index in [4.69, 9.17) is 11.6 Å². The molecule has 112 valence electrons. The predicted octanol–water partition coefficient (Wildman–Crippen LogP) is 2.45. The summed E-state index contributed by atoms with van der Waals surface area (Å²) in [6, 6.07) is 3.42. The normalized spacial score (nSPS) is 18.9. The number of rotatable bonds is 4. The fraction of sp³-hybridized carbons (Fsp3) is 0.538. The second kappa shape index (κ2) is 5.97. The van der Waals surface area contributed by atoms with Gasteiger partial charge < -0.3 is 5.11 Å². The van der Waals surface area contributed by atoms with Crippen LogP contribution in [0, 0.1) is 5.82 Å². The molecule has 1 aromatic carbocycles. The van der Waals surface area contributed by atoms with E-state index in [0.717, 1.165) is 31.4 Å². The molecule has 0 unspecified atom stereocenters. The van der Waals surface area contributed by atoms with Gasteiger partial charge in [0.05, 0.1) is 12.1 Å². The molecular weight excluding hydrogens is 305 g/mol. The lowest BCUT2D eigenvalue weighted by Gasteiger charge is -2.36. The lowest BCUT2D eigenvalue weighted by molar-refractivity contribution is 0.142. The highest BCUT2D eigenvalue weighted by Crippen LogP contribution is 2.30. The van der Waals surface area contributed by atoms with Gasteiger partial charge in [-0.05, 0) is 31.0 Å². The Hall–Kier alpha value is -0.690. The van der Waals surface area contributed by atoms with E-state index in [2.05, 4.69) is 4.72 Å². The van der Waals surface area contributed by atoms with Crippen molar-refractivity contribution >= 4 is 21.6 Å². The van der Waals surface area contributed by atoms with Gasteiger partial charge in [0.1, 0.15) is 10.7 Å². The molecule has 1 aliphatic rings. The van der Waals surface area contributed by atoms with Gasteiger partial charge in [-0.1, -0.05) is 30.9 Å². The monoisotopic (exact) mass is 321 g/mol. The largest absolute Gasteiger partial charge is 0.394 e. The van der Waals surface area contributed by atoms with E-state index in [1.165, 1.54) is 6.07 Å². The minimum Gasteiger partial charge on any atom is -0.394 e. The standard InChI is InChI=1S/C13H17ClFNO3S/c14-10-4-5-12(11(15)8-10)20(18,19)16-13(9-17)6-2-1-3-7-13/h4-5,8,16-17H,1-3,6-7,9H2. The SMILES string of the molecule is O=S(=O)(NC1(CO)CCCCC1)c1ccc(Cl)cc1F. The summed E-state index contributed by atoms with van der Waals surface area (Å²) < 4.78 is 40.8. The molecule has 20 heavy (non-hydrogen) atoms. The zero-order valence-electron chi connectivity index (χ0n) is 10.9. The van der Waals surface area contributed by atoms with Crippen LogP contribution < -0.4 is 4.72 Å². The molecule has 1 saturated carbocycles. The molecule has 4 nitrogen and oxygen atoms in total. The fourth-order valence-electron chi connectivity index (χ4n) is 2.55. The van der Waals surface area contributed by atoms with Crippen molar-refractivity contribution in [3.8, 4) is 0 Å². The molecule has 1 aliphatic carbocycles. The number of sulfonamides is 1. The number of halogens is 2. The third-order valence-electron chi connectivity index (χ3n) is 3.65. The maximum atomic E-state index is 13.8. The smallest absolute Gasteiger partial charge is 0.244 e. The number of aliphatic hydroxyl groups excluding tert-OH is 1. The van der Waals surface area contributed by atoms with Gasteiger partial charge in [-0.3, -0.25) is 0 Å². The van der Waals surface area contributed by atoms with E-state index in [1.54, 1.807) is 0 Å². The van der Waals surface area contributed by atoms with Gasteiger partial charge in [0.2, 0.25) is 10.0 Å². The third kappa shape index (κ3) is 3.31. The Morgan fingerprint density at radius 3 is 2.50 bits per heavy atom. The highest BCUT2D eigenvalue weighted by Gasteiger charge is 2.36. The summed E-state index contributed by atoms with van der Waals surface area (Å²) in [7, 11) is -4.02. The highest BCUT2D eigenvalue weighted by atomic mass is 35.5. The van der Waals surface area contributed by atoms with E-state index < -0.39 is 26.3 Å². The van der Waals surface area contributed by atoms with Crippen LogP contribution in [0.4, 0.5) is 4.39 Å². The van der Waals surface area contributed by atoms with Crippen LogP contribution in [0.5, 0.6) is 0 Å². The molecule has 0 saturated heterocycles. The first-order valence-corrected chi connectivity index (χ1v) is 8.35. The van der Waals surface area contributed by atoms with Crippen molar-refractivity contribution in [2.75, 3.05) is 6.61 Å². The van der Waals surface area contributed by atoms with Crippen LogP contribution in [0.1, 0.15) is 32.1 Å². The molecule has 0 atom stereocenters. The lowest BCUT2D eigenvalue weighted by atomic mass is 9.83. The number of hydrogen-bond acceptors (Lipinski definition) is 3. The average Bonchev–Trinajstić information content (AvgIpc) is 2.38. The fourth-order valence-corrected chi connectivity index (χ4v) is 4.22. The average molecular weight is 322 g/mol. The molecule has 2 N–H and O–H groups in total. The number of aliphatic hydroxyl groups is 1. The van der Waals surface area contributed by atoms with E-state index in [-0.39, 0.29) is 11.6 Å². The summed E-state index contributed by atoms with van der Waals surface area (Å²) in [5.74, 6) is -0.895. The van der Waals surface area contributed by atoms with Crippen molar-refractivity contribution in [2.45, 2.75) is 42.5 Å². The van der Waals surface area contributed by atoms with Crippen molar-refractivity contribution in [3.05, 3.63) is 29.0 Å². The molecule has 0 bridgehead atoms. The van der Waals surface area contributed by atoms with Crippen LogP contribution in [0.2, 0.25) is 5.02 Å². The lowest BCUT2D eigenvalue weighted by Crippen LogP contribution is -2.52. The molecule has 1 fully saturated rings. The molecule has 0 spiro atoms. The first kappa shape index (κ1) is 15.7. The maximum absolute atomic E-state index is 13.8. The molecule has 2 rings (SSSR count). The molecule has 0 radical (unpaired) electrons. The Kier molecular flexibility index (Phi) is 4.69. The van der Waals surface area contributed by atoms with Crippen LogP contribution in [0.15, 0.2) is 23.1 Å². The topological polar surface area (TPSA) is 66.4 Å². The van der Waals surface area contributed by atoms with Crippen molar-refractivity contribution in [3.63, 3.8) is 0 Å². The predicted molar refractivity (Wildman–Crippen MR) is 74.6 cm³/mol. The van der Waals surface area contributed by atoms with E-state index in [1.807, 2.05) is 0 Å². The van der Waals surface area contributed by atoms with Crippen LogP contribution >= 0.6 is 11.6 Å². The second-order valence-electron chi connectivity index (χ2n) is 5.18. The molecular formula is C13H17ClFNO3S. The Balaban J connectivity index is 2.30. The summed E-state index contributed by atoms with van der Waals surface area (Å²) in [5.41, 5.74) is -0.886. The van der Waals surface area contributed by atoms with Crippen LogP contribution in [-0.4, -0.2) is 25.7 Å². The molecule has 7 heteroatoms. The quantitative estimate of drug-likeness (QED) is 0.895. The van der Waals surface area contributed by atoms with Gasteiger partial charge in [0.25, 0.3) is 0 Å². The number of nitrogens with one attached hydrogen (secondary N) is 1. The van der Waals surface area contributed by atoms with Crippen LogP contribution in [-0.2, 0) is 10.0 Å². The summed E-state index contributed by atoms with van der Waals surface area (Å²) in [5, 5.41) is 9.66. The minimum absolute atomic E-state index is 0.135. The van der Waals surface area contributed by atoms with E-state index in [0.29, 0.717) is 12.8 Å². The second-order valence-corrected chi connectivity index (χ2v) is 7.27. The number of hydrogen-bond donors (Lipinski definition) is 2. The van der Waals surface area contributed by atoms with Crippen LogP contribution in [0.25, 0.3) is 0 Å². The molecule has 0 heterocycles. The third-order valence-corrected chi connectivity index (χ3v) is 5.49. The Bertz CT molecular complexity index is 585. The molecule has 0 aliphatic heterocycles. The molecule has 1 aromatic rings. The molecule has 0 aromatic heterocycles. The number of benzene rings is 1. The maximum Gasteiger partial charge on any atom is 0.244 e. The van der Waals surface area contributed by atoms with Gasteiger partial charge in [-0.15, -0.1) is 0 Å². The van der Waals surface area contributed by atoms with Crippen LogP contribution in [0.3, 0.4) is 0 Å². The van der Waals surface area contributed by atoms with Crippen molar-refractivity contribution in [2.24, 2.45) is 0 Å². The summed E-state index contributed by atoms with van der Waals surface area (Å²) in [4.78, 5) is -0.444. The first-order valence-electron chi connectivity index (χ1n) is 6.48.